The minimum absolute atomic E-state index is 0.0405. The number of ketones is 1. The maximum Gasteiger partial charge on any atom is 0.240 e. The van der Waals surface area contributed by atoms with E-state index in [1.165, 1.54) is 36.8 Å². The summed E-state index contributed by atoms with van der Waals surface area (Å²) in [5.74, 6) is -0.0880. The molecule has 0 radical (unpaired) electrons. The Balaban J connectivity index is 1.73. The largest absolute Gasteiger partial charge is 0.308 e. The number of hydrogen-bond acceptors (Lipinski definition) is 4. The molecule has 0 fully saturated rings. The zero-order valence-corrected chi connectivity index (χ0v) is 14.3. The quantitative estimate of drug-likeness (QED) is 0.814. The molecule has 1 aliphatic heterocycles. The molecule has 1 aliphatic rings. The first-order valence-corrected chi connectivity index (χ1v) is 9.37. The first-order valence-electron chi connectivity index (χ1n) is 7.89. The average Bonchev–Trinajstić information content (AvgIpc) is 2.60. The van der Waals surface area contributed by atoms with Crippen molar-refractivity contribution >= 4 is 15.8 Å². The molecule has 0 aromatic heterocycles. The third-order valence-electron chi connectivity index (χ3n) is 4.26. The highest BCUT2D eigenvalue weighted by atomic mass is 32.2. The number of sulfonamides is 1. The normalized spacial score (nSPS) is 17.3. The minimum Gasteiger partial charge on any atom is -0.308 e. The number of hydrogen-bond donors (Lipinski definition) is 2. The summed E-state index contributed by atoms with van der Waals surface area (Å²) in [4.78, 5) is 11.4. The summed E-state index contributed by atoms with van der Waals surface area (Å²) >= 11 is 0. The van der Waals surface area contributed by atoms with Crippen LogP contribution in [-0.2, 0) is 16.4 Å². The molecule has 0 saturated heterocycles. The lowest BCUT2D eigenvalue weighted by Gasteiger charge is -2.27. The van der Waals surface area contributed by atoms with Crippen LogP contribution in [0.15, 0.2) is 53.4 Å². The van der Waals surface area contributed by atoms with Gasteiger partial charge < -0.3 is 5.32 Å². The predicted octanol–water partition coefficient (Wildman–Crippen LogP) is 2.05. The molecule has 0 amide bonds. The Hall–Kier alpha value is -2.02. The molecule has 2 aromatic rings. The van der Waals surface area contributed by atoms with E-state index in [2.05, 4.69) is 16.1 Å². The van der Waals surface area contributed by atoms with Crippen LogP contribution < -0.4 is 10.0 Å². The summed E-state index contributed by atoms with van der Waals surface area (Å²) in [5, 5.41) is 3.35. The lowest BCUT2D eigenvalue weighted by Crippen LogP contribution is -2.38. The van der Waals surface area contributed by atoms with Crippen molar-refractivity contribution in [2.24, 2.45) is 0 Å². The molecule has 24 heavy (non-hydrogen) atoms. The van der Waals surface area contributed by atoms with Crippen LogP contribution in [0.2, 0.25) is 0 Å². The third kappa shape index (κ3) is 3.56. The van der Waals surface area contributed by atoms with Crippen molar-refractivity contribution < 1.29 is 13.2 Å². The Morgan fingerprint density at radius 2 is 1.88 bits per heavy atom. The van der Waals surface area contributed by atoms with Crippen molar-refractivity contribution in [2.45, 2.75) is 24.3 Å². The van der Waals surface area contributed by atoms with E-state index in [-0.39, 0.29) is 23.3 Å². The van der Waals surface area contributed by atoms with Gasteiger partial charge in [0.25, 0.3) is 0 Å². The molecule has 126 valence electrons. The van der Waals surface area contributed by atoms with Crippen LogP contribution in [0.4, 0.5) is 0 Å². The maximum absolute atomic E-state index is 12.4. The number of carbonyl (C=O) groups is 1. The lowest BCUT2D eigenvalue weighted by molar-refractivity contribution is 0.101. The maximum atomic E-state index is 12.4. The van der Waals surface area contributed by atoms with Crippen molar-refractivity contribution in [3.8, 4) is 0 Å². The Bertz CT molecular complexity index is 845. The van der Waals surface area contributed by atoms with Gasteiger partial charge in [-0.1, -0.05) is 36.4 Å². The van der Waals surface area contributed by atoms with E-state index in [0.29, 0.717) is 5.56 Å². The zero-order chi connectivity index (χ0) is 17.2. The van der Waals surface area contributed by atoms with E-state index in [0.717, 1.165) is 18.5 Å². The molecular weight excluding hydrogens is 324 g/mol. The smallest absolute Gasteiger partial charge is 0.240 e. The molecule has 2 N–H and O–H groups in total. The average molecular weight is 344 g/mol. The Morgan fingerprint density at radius 3 is 2.58 bits per heavy atom. The molecule has 6 heteroatoms. The molecule has 5 nitrogen and oxygen atoms in total. The fourth-order valence-corrected chi connectivity index (χ4v) is 3.97. The molecule has 1 atom stereocenters. The van der Waals surface area contributed by atoms with Gasteiger partial charge in [0.2, 0.25) is 10.0 Å². The standard InChI is InChI=1S/C18H20N2O3S/c1-13(21)14-6-8-16(9-7-14)24(22,23)20-12-18-17-5-3-2-4-15(17)10-11-19-18/h2-9,18-20H,10-12H2,1H3. The highest BCUT2D eigenvalue weighted by Crippen LogP contribution is 2.22. The molecule has 3 rings (SSSR count). The van der Waals surface area contributed by atoms with Crippen LogP contribution in [0.1, 0.15) is 34.5 Å². The molecule has 1 heterocycles. The van der Waals surface area contributed by atoms with Crippen LogP contribution in [-0.4, -0.2) is 27.3 Å². The summed E-state index contributed by atoms with van der Waals surface area (Å²) < 4.78 is 27.5. The number of benzene rings is 2. The van der Waals surface area contributed by atoms with Crippen molar-refractivity contribution in [3.63, 3.8) is 0 Å². The molecular formula is C18H20N2O3S. The van der Waals surface area contributed by atoms with Crippen LogP contribution >= 0.6 is 0 Å². The Labute approximate surface area is 142 Å². The second-order valence-corrected chi connectivity index (χ2v) is 7.65. The van der Waals surface area contributed by atoms with E-state index in [1.807, 2.05) is 18.2 Å². The zero-order valence-electron chi connectivity index (χ0n) is 13.5. The number of Topliss-reactive ketones (excluding diaryl/α,β-unsaturated/α-hetero) is 1. The van der Waals surface area contributed by atoms with Crippen molar-refractivity contribution in [1.29, 1.82) is 0 Å². The second-order valence-electron chi connectivity index (χ2n) is 5.89. The summed E-state index contributed by atoms with van der Waals surface area (Å²) in [6, 6.07) is 14.0. The van der Waals surface area contributed by atoms with Gasteiger partial charge in [-0.15, -0.1) is 0 Å². The van der Waals surface area contributed by atoms with E-state index < -0.39 is 10.0 Å². The number of carbonyl (C=O) groups excluding carboxylic acids is 1. The van der Waals surface area contributed by atoms with E-state index in [4.69, 9.17) is 0 Å². The van der Waals surface area contributed by atoms with Crippen LogP contribution in [0, 0.1) is 0 Å². The minimum atomic E-state index is -3.61. The SMILES string of the molecule is CC(=O)c1ccc(S(=O)(=O)NCC2NCCc3ccccc32)cc1. The molecule has 1 unspecified atom stereocenters. The summed E-state index contributed by atoms with van der Waals surface area (Å²) in [6.07, 6.45) is 0.950. The van der Waals surface area contributed by atoms with Gasteiger partial charge >= 0.3 is 0 Å². The van der Waals surface area contributed by atoms with Crippen molar-refractivity contribution in [2.75, 3.05) is 13.1 Å². The topological polar surface area (TPSA) is 75.3 Å². The lowest BCUT2D eigenvalue weighted by atomic mass is 9.95. The van der Waals surface area contributed by atoms with Gasteiger partial charge in [0.15, 0.2) is 5.78 Å². The van der Waals surface area contributed by atoms with Gasteiger partial charge in [0, 0.05) is 18.2 Å². The monoisotopic (exact) mass is 344 g/mol. The van der Waals surface area contributed by atoms with E-state index >= 15 is 0 Å². The summed E-state index contributed by atoms with van der Waals surface area (Å²) in [7, 11) is -3.61. The second kappa shape index (κ2) is 6.84. The third-order valence-corrected chi connectivity index (χ3v) is 5.70. The molecule has 0 spiro atoms. The van der Waals surface area contributed by atoms with Crippen molar-refractivity contribution in [3.05, 3.63) is 65.2 Å². The van der Waals surface area contributed by atoms with Crippen LogP contribution in [0.5, 0.6) is 0 Å². The number of rotatable bonds is 5. The fourth-order valence-electron chi connectivity index (χ4n) is 2.92. The summed E-state index contributed by atoms with van der Waals surface area (Å²) in [6.45, 7) is 2.57. The molecule has 0 saturated carbocycles. The van der Waals surface area contributed by atoms with Gasteiger partial charge in [0.05, 0.1) is 4.90 Å². The summed E-state index contributed by atoms with van der Waals surface area (Å²) in [5.41, 5.74) is 2.89. The van der Waals surface area contributed by atoms with Gasteiger partial charge in [-0.2, -0.15) is 0 Å². The number of fused-ring (bicyclic) bond motifs is 1. The van der Waals surface area contributed by atoms with Gasteiger partial charge in [-0.05, 0) is 43.1 Å². The van der Waals surface area contributed by atoms with Gasteiger partial charge in [0.1, 0.15) is 0 Å². The molecule has 2 aromatic carbocycles. The highest BCUT2D eigenvalue weighted by Gasteiger charge is 2.22. The van der Waals surface area contributed by atoms with Crippen LogP contribution in [0.3, 0.4) is 0 Å². The Morgan fingerprint density at radius 1 is 1.17 bits per heavy atom. The first kappa shape index (κ1) is 16.8. The molecule has 0 aliphatic carbocycles. The van der Waals surface area contributed by atoms with E-state index in [1.54, 1.807) is 0 Å². The molecule has 0 bridgehead atoms. The number of nitrogens with one attached hydrogen (secondary N) is 2. The van der Waals surface area contributed by atoms with E-state index in [9.17, 15) is 13.2 Å². The van der Waals surface area contributed by atoms with Gasteiger partial charge in [-0.3, -0.25) is 4.79 Å². The highest BCUT2D eigenvalue weighted by molar-refractivity contribution is 7.89. The predicted molar refractivity (Wildman–Crippen MR) is 92.5 cm³/mol. The fraction of sp³-hybridized carbons (Fsp3) is 0.278. The van der Waals surface area contributed by atoms with Gasteiger partial charge in [-0.25, -0.2) is 13.1 Å². The Kier molecular flexibility index (Phi) is 4.80. The first-order chi connectivity index (χ1) is 11.5. The van der Waals surface area contributed by atoms with Crippen molar-refractivity contribution in [1.82, 2.24) is 10.0 Å². The van der Waals surface area contributed by atoms with Crippen LogP contribution in [0.25, 0.3) is 0 Å².